The van der Waals surface area contributed by atoms with Crippen molar-refractivity contribution in [3.8, 4) is 0 Å². The van der Waals surface area contributed by atoms with Crippen LogP contribution in [0.1, 0.15) is 21.5 Å². The number of rotatable bonds is 5. The van der Waals surface area contributed by atoms with Crippen LogP contribution in [0.5, 0.6) is 0 Å². The van der Waals surface area contributed by atoms with Gasteiger partial charge in [0.1, 0.15) is 5.82 Å². The van der Waals surface area contributed by atoms with Gasteiger partial charge in [-0.3, -0.25) is 25.2 Å². The Balaban J connectivity index is 1.61. The average Bonchev–Trinajstić information content (AvgIpc) is 2.71. The lowest BCUT2D eigenvalue weighted by molar-refractivity contribution is -0.121. The molecule has 0 radical (unpaired) electrons. The van der Waals surface area contributed by atoms with Crippen molar-refractivity contribution in [2.45, 2.75) is 13.0 Å². The molecular weight excluding hydrogens is 397 g/mol. The molecule has 2 N–H and O–H groups in total. The molecule has 0 saturated carbocycles. The zero-order valence-corrected chi connectivity index (χ0v) is 15.9. The first-order valence-electron chi connectivity index (χ1n) is 8.69. The molecular formula is C21H17ClFN3O3. The SMILES string of the molecule is O=C(Cc1ccc(F)cc1)NNC(=O)c1ccc(=O)n(Cc2ccc(Cl)cc2)c1. The standard InChI is InChI=1S/C21H17ClFN3O3/c22-17-6-1-15(2-7-17)12-26-13-16(5-10-20(26)28)21(29)25-24-19(27)11-14-3-8-18(23)9-4-14/h1-10,13H,11-12H2,(H,24,27)(H,25,29). The van der Waals surface area contributed by atoms with Crippen molar-refractivity contribution < 1.29 is 14.0 Å². The van der Waals surface area contributed by atoms with Gasteiger partial charge < -0.3 is 4.57 Å². The van der Waals surface area contributed by atoms with E-state index in [9.17, 15) is 18.8 Å². The highest BCUT2D eigenvalue weighted by molar-refractivity contribution is 6.30. The van der Waals surface area contributed by atoms with E-state index >= 15 is 0 Å². The number of pyridine rings is 1. The normalized spacial score (nSPS) is 10.4. The molecule has 0 aliphatic rings. The molecule has 0 saturated heterocycles. The van der Waals surface area contributed by atoms with Crippen LogP contribution in [0.25, 0.3) is 0 Å². The fourth-order valence-corrected chi connectivity index (χ4v) is 2.73. The number of carbonyl (C=O) groups is 2. The molecule has 0 unspecified atom stereocenters. The Morgan fingerprint density at radius 3 is 2.24 bits per heavy atom. The number of amides is 2. The molecule has 3 rings (SSSR count). The predicted octanol–water partition coefficient (Wildman–Crippen LogP) is 2.69. The van der Waals surface area contributed by atoms with Crippen LogP contribution in [0, 0.1) is 5.82 Å². The molecule has 2 amide bonds. The van der Waals surface area contributed by atoms with Crippen LogP contribution in [0.2, 0.25) is 5.02 Å². The predicted molar refractivity (Wildman–Crippen MR) is 107 cm³/mol. The number of hydrogen-bond donors (Lipinski definition) is 2. The number of nitrogens with zero attached hydrogens (tertiary/aromatic N) is 1. The minimum absolute atomic E-state index is 0.0172. The second-order valence-electron chi connectivity index (χ2n) is 6.32. The smallest absolute Gasteiger partial charge is 0.271 e. The van der Waals surface area contributed by atoms with Crippen LogP contribution >= 0.6 is 11.6 Å². The Hall–Kier alpha value is -3.45. The topological polar surface area (TPSA) is 80.2 Å². The van der Waals surface area contributed by atoms with Crippen molar-refractivity contribution in [2.75, 3.05) is 0 Å². The third-order valence-electron chi connectivity index (χ3n) is 4.11. The Kier molecular flexibility index (Phi) is 6.41. The zero-order chi connectivity index (χ0) is 20.8. The van der Waals surface area contributed by atoms with E-state index in [2.05, 4.69) is 10.9 Å². The summed E-state index contributed by atoms with van der Waals surface area (Å²) >= 11 is 5.86. The van der Waals surface area contributed by atoms with Crippen molar-refractivity contribution in [1.29, 1.82) is 0 Å². The highest BCUT2D eigenvalue weighted by Gasteiger charge is 2.10. The van der Waals surface area contributed by atoms with Crippen molar-refractivity contribution in [1.82, 2.24) is 15.4 Å². The van der Waals surface area contributed by atoms with Crippen molar-refractivity contribution in [2.24, 2.45) is 0 Å². The minimum Gasteiger partial charge on any atom is -0.310 e. The largest absolute Gasteiger partial charge is 0.310 e. The van der Waals surface area contributed by atoms with Crippen molar-refractivity contribution in [3.05, 3.63) is 105 Å². The van der Waals surface area contributed by atoms with E-state index in [1.165, 1.54) is 47.2 Å². The summed E-state index contributed by atoms with van der Waals surface area (Å²) in [7, 11) is 0. The Morgan fingerprint density at radius 1 is 0.897 bits per heavy atom. The monoisotopic (exact) mass is 413 g/mol. The van der Waals surface area contributed by atoms with Gasteiger partial charge in [0.2, 0.25) is 5.91 Å². The van der Waals surface area contributed by atoms with Gasteiger partial charge in [-0.15, -0.1) is 0 Å². The second-order valence-corrected chi connectivity index (χ2v) is 6.75. The molecule has 0 aliphatic heterocycles. The minimum atomic E-state index is -0.567. The molecule has 148 valence electrons. The van der Waals surface area contributed by atoms with E-state index in [0.29, 0.717) is 10.6 Å². The van der Waals surface area contributed by atoms with Gasteiger partial charge in [0.05, 0.1) is 18.5 Å². The summed E-state index contributed by atoms with van der Waals surface area (Å²) in [6, 6.07) is 15.2. The van der Waals surface area contributed by atoms with E-state index in [1.54, 1.807) is 24.3 Å². The first kappa shape index (κ1) is 20.3. The molecule has 2 aromatic carbocycles. The van der Waals surface area contributed by atoms with Gasteiger partial charge in [-0.1, -0.05) is 35.9 Å². The van der Waals surface area contributed by atoms with E-state index in [1.807, 2.05) is 0 Å². The number of aromatic nitrogens is 1. The zero-order valence-electron chi connectivity index (χ0n) is 15.2. The molecule has 0 aliphatic carbocycles. The van der Waals surface area contributed by atoms with Crippen LogP contribution in [0.3, 0.4) is 0 Å². The average molecular weight is 414 g/mol. The Labute approximate surface area is 170 Å². The molecule has 0 atom stereocenters. The Morgan fingerprint density at radius 2 is 1.55 bits per heavy atom. The van der Waals surface area contributed by atoms with E-state index in [0.717, 1.165) is 5.56 Å². The molecule has 0 fully saturated rings. The summed E-state index contributed by atoms with van der Waals surface area (Å²) in [6.45, 7) is 0.272. The summed E-state index contributed by atoms with van der Waals surface area (Å²) in [6.07, 6.45) is 1.40. The summed E-state index contributed by atoms with van der Waals surface area (Å²) in [5.74, 6) is -1.42. The van der Waals surface area contributed by atoms with E-state index in [4.69, 9.17) is 11.6 Å². The lowest BCUT2D eigenvalue weighted by Gasteiger charge is -2.10. The van der Waals surface area contributed by atoms with Crippen molar-refractivity contribution >= 4 is 23.4 Å². The lowest BCUT2D eigenvalue weighted by Crippen LogP contribution is -2.42. The van der Waals surface area contributed by atoms with Crippen LogP contribution in [0.15, 0.2) is 71.7 Å². The van der Waals surface area contributed by atoms with Crippen LogP contribution in [-0.4, -0.2) is 16.4 Å². The van der Waals surface area contributed by atoms with Crippen LogP contribution in [-0.2, 0) is 17.8 Å². The molecule has 6 nitrogen and oxygen atoms in total. The summed E-state index contributed by atoms with van der Waals surface area (Å²) in [4.78, 5) is 36.3. The van der Waals surface area contributed by atoms with Gasteiger partial charge in [-0.25, -0.2) is 4.39 Å². The molecule has 1 aromatic heterocycles. The van der Waals surface area contributed by atoms with Crippen LogP contribution < -0.4 is 16.4 Å². The lowest BCUT2D eigenvalue weighted by atomic mass is 10.1. The first-order chi connectivity index (χ1) is 13.9. The maximum absolute atomic E-state index is 12.9. The fourth-order valence-electron chi connectivity index (χ4n) is 2.61. The van der Waals surface area contributed by atoms with Crippen molar-refractivity contribution in [3.63, 3.8) is 0 Å². The Bertz CT molecular complexity index is 1080. The fraction of sp³-hybridized carbons (Fsp3) is 0.0952. The highest BCUT2D eigenvalue weighted by Crippen LogP contribution is 2.10. The number of carbonyl (C=O) groups excluding carboxylic acids is 2. The number of benzene rings is 2. The second kappa shape index (κ2) is 9.16. The first-order valence-corrected chi connectivity index (χ1v) is 9.07. The summed E-state index contributed by atoms with van der Waals surface area (Å²) < 4.78 is 14.3. The number of hydrazine groups is 1. The molecule has 29 heavy (non-hydrogen) atoms. The quantitative estimate of drug-likeness (QED) is 0.631. The van der Waals surface area contributed by atoms with E-state index < -0.39 is 17.6 Å². The number of hydrogen-bond acceptors (Lipinski definition) is 3. The number of halogens is 2. The van der Waals surface area contributed by atoms with Gasteiger partial charge in [-0.05, 0) is 41.5 Å². The molecule has 0 bridgehead atoms. The van der Waals surface area contributed by atoms with Gasteiger partial charge in [-0.2, -0.15) is 0 Å². The maximum atomic E-state index is 12.9. The van der Waals surface area contributed by atoms with E-state index in [-0.39, 0.29) is 24.1 Å². The summed E-state index contributed by atoms with van der Waals surface area (Å²) in [5, 5.41) is 0.589. The highest BCUT2D eigenvalue weighted by atomic mass is 35.5. The number of nitrogens with one attached hydrogen (secondary N) is 2. The summed E-state index contributed by atoms with van der Waals surface area (Å²) in [5.41, 5.74) is 6.00. The third kappa shape index (κ3) is 5.76. The van der Waals surface area contributed by atoms with Gasteiger partial charge in [0, 0.05) is 17.3 Å². The van der Waals surface area contributed by atoms with Gasteiger partial charge >= 0.3 is 0 Å². The third-order valence-corrected chi connectivity index (χ3v) is 4.36. The van der Waals surface area contributed by atoms with Gasteiger partial charge in [0.25, 0.3) is 11.5 Å². The molecule has 1 heterocycles. The molecule has 3 aromatic rings. The maximum Gasteiger partial charge on any atom is 0.271 e. The van der Waals surface area contributed by atoms with Gasteiger partial charge in [0.15, 0.2) is 0 Å². The molecule has 8 heteroatoms. The molecule has 0 spiro atoms. The van der Waals surface area contributed by atoms with Crippen LogP contribution in [0.4, 0.5) is 4.39 Å².